The molecule has 3 rings (SSSR count). The van der Waals surface area contributed by atoms with Gasteiger partial charge in [-0.05, 0) is 31.5 Å². The van der Waals surface area contributed by atoms with Crippen LogP contribution in [-0.2, 0) is 0 Å². The summed E-state index contributed by atoms with van der Waals surface area (Å²) in [6.07, 6.45) is 1.86. The van der Waals surface area contributed by atoms with Crippen LogP contribution in [0.2, 0.25) is 0 Å². The van der Waals surface area contributed by atoms with Crippen molar-refractivity contribution in [2.24, 2.45) is 0 Å². The van der Waals surface area contributed by atoms with Crippen molar-refractivity contribution < 1.29 is 5.11 Å². The lowest BCUT2D eigenvalue weighted by Crippen LogP contribution is -1.93. The molecule has 0 bridgehead atoms. The molecule has 0 aliphatic heterocycles. The quantitative estimate of drug-likeness (QED) is 0.763. The zero-order valence-electron chi connectivity index (χ0n) is 11.5. The van der Waals surface area contributed by atoms with Crippen LogP contribution in [0.1, 0.15) is 11.1 Å². The monoisotopic (exact) mass is 264 g/mol. The zero-order valence-corrected chi connectivity index (χ0v) is 11.5. The average molecular weight is 264 g/mol. The summed E-state index contributed by atoms with van der Waals surface area (Å²) < 4.78 is 1.70. The van der Waals surface area contributed by atoms with Crippen molar-refractivity contribution >= 4 is 0 Å². The number of aromatic hydroxyl groups is 1. The first-order chi connectivity index (χ1) is 9.63. The molecule has 100 valence electrons. The molecular weight excluding hydrogens is 248 g/mol. The highest BCUT2D eigenvalue weighted by Gasteiger charge is 2.10. The molecule has 0 amide bonds. The van der Waals surface area contributed by atoms with Gasteiger partial charge in [-0.15, -0.1) is 5.10 Å². The van der Waals surface area contributed by atoms with E-state index in [4.69, 9.17) is 0 Å². The van der Waals surface area contributed by atoms with Crippen LogP contribution in [0, 0.1) is 13.8 Å². The molecule has 0 saturated heterocycles. The average Bonchev–Trinajstić information content (AvgIpc) is 2.82. The van der Waals surface area contributed by atoms with E-state index in [0.29, 0.717) is 0 Å². The van der Waals surface area contributed by atoms with Crippen LogP contribution in [-0.4, -0.2) is 14.9 Å². The number of aromatic nitrogens is 2. The highest BCUT2D eigenvalue weighted by molar-refractivity contribution is 5.68. The molecule has 0 spiro atoms. The van der Waals surface area contributed by atoms with E-state index in [1.807, 2.05) is 68.6 Å². The molecule has 3 heteroatoms. The van der Waals surface area contributed by atoms with Gasteiger partial charge in [-0.1, -0.05) is 47.5 Å². The molecule has 1 aromatic heterocycles. The van der Waals surface area contributed by atoms with Crippen molar-refractivity contribution in [3.8, 4) is 22.7 Å². The number of hydrogen-bond acceptors (Lipinski definition) is 2. The summed E-state index contributed by atoms with van der Waals surface area (Å²) >= 11 is 0. The van der Waals surface area contributed by atoms with E-state index in [-0.39, 0.29) is 5.88 Å². The summed E-state index contributed by atoms with van der Waals surface area (Å²) in [7, 11) is 0. The standard InChI is InChI=1S/C17H16N2O/c1-12-6-8-15(9-7-12)19-11-16(17(20)18-19)14-5-3-4-13(2)10-14/h3-11H,1-2H3,(H,18,20). The predicted octanol–water partition coefficient (Wildman–Crippen LogP) is 3.86. The second-order valence-corrected chi connectivity index (χ2v) is 5.02. The number of hydrogen-bond donors (Lipinski definition) is 1. The van der Waals surface area contributed by atoms with Gasteiger partial charge in [0.2, 0.25) is 5.88 Å². The lowest BCUT2D eigenvalue weighted by Gasteiger charge is -2.01. The Morgan fingerprint density at radius 1 is 0.950 bits per heavy atom. The molecule has 3 nitrogen and oxygen atoms in total. The van der Waals surface area contributed by atoms with Crippen molar-refractivity contribution in [1.82, 2.24) is 9.78 Å². The Labute approximate surface area is 118 Å². The predicted molar refractivity (Wildman–Crippen MR) is 80.1 cm³/mol. The zero-order chi connectivity index (χ0) is 14.1. The Morgan fingerprint density at radius 2 is 1.70 bits per heavy atom. The molecule has 3 aromatic rings. The molecule has 0 unspecified atom stereocenters. The van der Waals surface area contributed by atoms with Crippen LogP contribution >= 0.6 is 0 Å². The first-order valence-electron chi connectivity index (χ1n) is 6.56. The van der Waals surface area contributed by atoms with Gasteiger partial charge in [0.1, 0.15) is 0 Å². The first kappa shape index (κ1) is 12.5. The summed E-state index contributed by atoms with van der Waals surface area (Å²) in [6, 6.07) is 16.1. The maximum Gasteiger partial charge on any atom is 0.238 e. The van der Waals surface area contributed by atoms with E-state index in [1.165, 1.54) is 5.56 Å². The molecule has 1 N–H and O–H groups in total. The summed E-state index contributed by atoms with van der Waals surface area (Å²) in [4.78, 5) is 0. The number of rotatable bonds is 2. The van der Waals surface area contributed by atoms with Crippen LogP contribution in [0.3, 0.4) is 0 Å². The normalized spacial score (nSPS) is 10.7. The Hall–Kier alpha value is -2.55. The molecule has 1 heterocycles. The second kappa shape index (κ2) is 4.85. The third-order valence-electron chi connectivity index (χ3n) is 3.32. The molecule has 0 aliphatic carbocycles. The highest BCUT2D eigenvalue weighted by atomic mass is 16.3. The van der Waals surface area contributed by atoms with Gasteiger partial charge >= 0.3 is 0 Å². The maximum absolute atomic E-state index is 10.1. The van der Waals surface area contributed by atoms with Crippen LogP contribution in [0.4, 0.5) is 0 Å². The fourth-order valence-electron chi connectivity index (χ4n) is 2.21. The fourth-order valence-corrected chi connectivity index (χ4v) is 2.21. The first-order valence-corrected chi connectivity index (χ1v) is 6.56. The number of nitrogens with zero attached hydrogens (tertiary/aromatic N) is 2. The lowest BCUT2D eigenvalue weighted by atomic mass is 10.1. The second-order valence-electron chi connectivity index (χ2n) is 5.02. The van der Waals surface area contributed by atoms with Crippen molar-refractivity contribution in [1.29, 1.82) is 0 Å². The van der Waals surface area contributed by atoms with Gasteiger partial charge in [-0.25, -0.2) is 4.68 Å². The minimum atomic E-state index is 0.0520. The molecule has 0 atom stereocenters. The maximum atomic E-state index is 10.1. The Bertz CT molecular complexity index is 742. The minimum Gasteiger partial charge on any atom is -0.492 e. The van der Waals surface area contributed by atoms with Crippen LogP contribution in [0.5, 0.6) is 5.88 Å². The van der Waals surface area contributed by atoms with Gasteiger partial charge in [-0.3, -0.25) is 0 Å². The number of benzene rings is 2. The molecular formula is C17H16N2O. The van der Waals surface area contributed by atoms with E-state index in [1.54, 1.807) is 4.68 Å². The summed E-state index contributed by atoms with van der Waals surface area (Å²) in [6.45, 7) is 4.08. The van der Waals surface area contributed by atoms with Gasteiger partial charge in [0.15, 0.2) is 0 Å². The van der Waals surface area contributed by atoms with Gasteiger partial charge in [0.25, 0.3) is 0 Å². The summed E-state index contributed by atoms with van der Waals surface area (Å²) in [5.41, 5.74) is 5.01. The lowest BCUT2D eigenvalue weighted by molar-refractivity contribution is 0.449. The molecule has 0 fully saturated rings. The Kier molecular flexibility index (Phi) is 3.03. The van der Waals surface area contributed by atoms with Gasteiger partial charge < -0.3 is 5.11 Å². The Morgan fingerprint density at radius 3 is 2.40 bits per heavy atom. The van der Waals surface area contributed by atoms with Crippen molar-refractivity contribution in [2.45, 2.75) is 13.8 Å². The third-order valence-corrected chi connectivity index (χ3v) is 3.32. The summed E-state index contributed by atoms with van der Waals surface area (Å²) in [5, 5.41) is 14.2. The van der Waals surface area contributed by atoms with Gasteiger partial charge in [0, 0.05) is 6.20 Å². The number of aryl methyl sites for hydroxylation is 2. The van der Waals surface area contributed by atoms with Crippen LogP contribution < -0.4 is 0 Å². The SMILES string of the molecule is Cc1ccc(-n2cc(-c3cccc(C)c3)c(O)n2)cc1. The fraction of sp³-hybridized carbons (Fsp3) is 0.118. The largest absolute Gasteiger partial charge is 0.492 e. The van der Waals surface area contributed by atoms with E-state index in [2.05, 4.69) is 5.10 Å². The van der Waals surface area contributed by atoms with Gasteiger partial charge in [0.05, 0.1) is 11.3 Å². The van der Waals surface area contributed by atoms with E-state index in [0.717, 1.165) is 22.4 Å². The van der Waals surface area contributed by atoms with E-state index < -0.39 is 0 Å². The topological polar surface area (TPSA) is 38.0 Å². The summed E-state index contributed by atoms with van der Waals surface area (Å²) in [5.74, 6) is 0.0520. The smallest absolute Gasteiger partial charge is 0.238 e. The molecule has 0 aliphatic rings. The van der Waals surface area contributed by atoms with Gasteiger partial charge in [-0.2, -0.15) is 0 Å². The van der Waals surface area contributed by atoms with E-state index >= 15 is 0 Å². The van der Waals surface area contributed by atoms with E-state index in [9.17, 15) is 5.11 Å². The molecule has 0 radical (unpaired) electrons. The highest BCUT2D eigenvalue weighted by Crippen LogP contribution is 2.29. The van der Waals surface area contributed by atoms with Crippen LogP contribution in [0.25, 0.3) is 16.8 Å². The van der Waals surface area contributed by atoms with Crippen molar-refractivity contribution in [2.75, 3.05) is 0 Å². The third kappa shape index (κ3) is 2.30. The minimum absolute atomic E-state index is 0.0520. The van der Waals surface area contributed by atoms with Crippen molar-refractivity contribution in [3.63, 3.8) is 0 Å². The van der Waals surface area contributed by atoms with Crippen molar-refractivity contribution in [3.05, 3.63) is 65.9 Å². The van der Waals surface area contributed by atoms with Crippen LogP contribution in [0.15, 0.2) is 54.7 Å². The molecule has 20 heavy (non-hydrogen) atoms. The Balaban J connectivity index is 2.05. The molecule has 0 saturated carbocycles. The molecule has 2 aromatic carbocycles.